The molecule has 0 bridgehead atoms. The Balaban J connectivity index is 1.49. The average molecular weight is 477 g/mol. The number of aromatic nitrogens is 1. The number of H-pyrrole nitrogens is 1. The Labute approximate surface area is 205 Å². The molecule has 0 radical (unpaired) electrons. The van der Waals surface area contributed by atoms with Crippen LogP contribution in [-0.4, -0.2) is 54.3 Å². The van der Waals surface area contributed by atoms with Crippen LogP contribution in [0.15, 0.2) is 54.6 Å². The molecule has 1 aliphatic heterocycles. The van der Waals surface area contributed by atoms with Crippen LogP contribution in [0, 0.1) is 0 Å². The minimum absolute atomic E-state index is 0.0731. The van der Waals surface area contributed by atoms with Crippen LogP contribution in [0.25, 0.3) is 10.9 Å². The van der Waals surface area contributed by atoms with Gasteiger partial charge in [0.1, 0.15) is 11.4 Å². The van der Waals surface area contributed by atoms with Crippen LogP contribution in [0.3, 0.4) is 0 Å². The SMILES string of the molecule is COc1ccc2[nH]c(C(=O)NCC(=O)N3CCCCCCNC(=O)CC3c3ccccc3)cc2c1. The molecule has 4 rings (SSSR count). The fraction of sp³-hybridized carbons (Fsp3) is 0.370. The average Bonchev–Trinajstić information content (AvgIpc) is 3.30. The van der Waals surface area contributed by atoms with Crippen LogP contribution in [-0.2, 0) is 9.59 Å². The molecule has 3 amide bonds. The molecule has 2 aromatic carbocycles. The van der Waals surface area contributed by atoms with E-state index >= 15 is 0 Å². The van der Waals surface area contributed by atoms with Crippen molar-refractivity contribution in [1.82, 2.24) is 20.5 Å². The largest absolute Gasteiger partial charge is 0.497 e. The molecule has 2 heterocycles. The van der Waals surface area contributed by atoms with E-state index in [0.717, 1.165) is 42.1 Å². The maximum absolute atomic E-state index is 13.4. The fourth-order valence-corrected chi connectivity index (χ4v) is 4.49. The summed E-state index contributed by atoms with van der Waals surface area (Å²) >= 11 is 0. The van der Waals surface area contributed by atoms with Gasteiger partial charge in [-0.3, -0.25) is 14.4 Å². The number of rotatable bonds is 5. The van der Waals surface area contributed by atoms with E-state index in [0.29, 0.717) is 24.5 Å². The van der Waals surface area contributed by atoms with E-state index in [1.807, 2.05) is 48.5 Å². The Morgan fingerprint density at radius 3 is 2.66 bits per heavy atom. The highest BCUT2D eigenvalue weighted by Gasteiger charge is 2.28. The van der Waals surface area contributed by atoms with Crippen LogP contribution < -0.4 is 15.4 Å². The molecule has 8 heteroatoms. The summed E-state index contributed by atoms with van der Waals surface area (Å²) in [6, 6.07) is 16.5. The van der Waals surface area contributed by atoms with E-state index in [2.05, 4.69) is 15.6 Å². The molecule has 1 saturated heterocycles. The number of methoxy groups -OCH3 is 1. The fourth-order valence-electron chi connectivity index (χ4n) is 4.49. The lowest BCUT2D eigenvalue weighted by molar-refractivity contribution is -0.134. The van der Waals surface area contributed by atoms with Crippen LogP contribution in [0.2, 0.25) is 0 Å². The number of carbonyl (C=O) groups excluding carboxylic acids is 3. The van der Waals surface area contributed by atoms with Gasteiger partial charge in [0.15, 0.2) is 0 Å². The van der Waals surface area contributed by atoms with Gasteiger partial charge in [-0.1, -0.05) is 43.2 Å². The Kier molecular flexibility index (Phi) is 8.03. The van der Waals surface area contributed by atoms with Crippen LogP contribution >= 0.6 is 0 Å². The number of nitrogens with one attached hydrogen (secondary N) is 3. The number of hydrogen-bond donors (Lipinski definition) is 3. The molecule has 0 aliphatic carbocycles. The van der Waals surface area contributed by atoms with E-state index in [9.17, 15) is 14.4 Å². The van der Waals surface area contributed by atoms with Gasteiger partial charge in [0, 0.05) is 24.0 Å². The van der Waals surface area contributed by atoms with E-state index in [-0.39, 0.29) is 36.7 Å². The number of ether oxygens (including phenoxy) is 1. The number of carbonyl (C=O) groups is 3. The first-order valence-electron chi connectivity index (χ1n) is 12.1. The number of hydrogen-bond acceptors (Lipinski definition) is 4. The Morgan fingerprint density at radius 1 is 1.06 bits per heavy atom. The van der Waals surface area contributed by atoms with Gasteiger partial charge in [-0.15, -0.1) is 0 Å². The maximum Gasteiger partial charge on any atom is 0.268 e. The topological polar surface area (TPSA) is 104 Å². The van der Waals surface area contributed by atoms with Crippen LogP contribution in [0.1, 0.15) is 54.2 Å². The maximum atomic E-state index is 13.4. The molecule has 3 N–H and O–H groups in total. The van der Waals surface area contributed by atoms with Crippen molar-refractivity contribution in [2.24, 2.45) is 0 Å². The predicted molar refractivity (Wildman–Crippen MR) is 134 cm³/mol. The van der Waals surface area contributed by atoms with Crippen molar-refractivity contribution in [2.75, 3.05) is 26.7 Å². The second-order valence-electron chi connectivity index (χ2n) is 8.80. The van der Waals surface area contributed by atoms with Crippen molar-refractivity contribution >= 4 is 28.6 Å². The number of amides is 3. The lowest BCUT2D eigenvalue weighted by Gasteiger charge is -2.32. The molecule has 0 saturated carbocycles. The summed E-state index contributed by atoms with van der Waals surface area (Å²) < 4.78 is 5.24. The number of aromatic amines is 1. The van der Waals surface area contributed by atoms with E-state index in [1.165, 1.54) is 0 Å². The van der Waals surface area contributed by atoms with Crippen molar-refractivity contribution in [3.63, 3.8) is 0 Å². The zero-order valence-corrected chi connectivity index (χ0v) is 20.0. The standard InChI is InChI=1S/C27H32N4O4/c1-35-21-11-12-22-20(15-21)16-23(30-22)27(34)29-18-26(33)31-14-8-3-2-7-13-28-25(32)17-24(31)19-9-5-4-6-10-19/h4-6,9-12,15-16,24,30H,2-3,7-8,13-14,17-18H2,1H3,(H,28,32)(H,29,34). The Hall–Kier alpha value is -3.81. The number of nitrogens with zero attached hydrogens (tertiary/aromatic N) is 1. The summed E-state index contributed by atoms with van der Waals surface area (Å²) in [4.78, 5) is 43.6. The smallest absolute Gasteiger partial charge is 0.268 e. The minimum atomic E-state index is -0.390. The van der Waals surface area contributed by atoms with Gasteiger partial charge in [0.2, 0.25) is 11.8 Å². The van der Waals surface area contributed by atoms with Crippen molar-refractivity contribution in [3.8, 4) is 5.75 Å². The quantitative estimate of drug-likeness (QED) is 0.524. The molecule has 1 aliphatic rings. The molecule has 3 aromatic rings. The first-order valence-corrected chi connectivity index (χ1v) is 12.1. The van der Waals surface area contributed by atoms with Crippen molar-refractivity contribution in [2.45, 2.75) is 38.1 Å². The van der Waals surface area contributed by atoms with E-state index in [4.69, 9.17) is 4.74 Å². The number of benzene rings is 2. The lowest BCUT2D eigenvalue weighted by atomic mass is 10.0. The summed E-state index contributed by atoms with van der Waals surface area (Å²) in [5.41, 5.74) is 2.09. The third-order valence-corrected chi connectivity index (χ3v) is 6.38. The monoisotopic (exact) mass is 476 g/mol. The van der Waals surface area contributed by atoms with Crippen molar-refractivity contribution in [3.05, 3.63) is 65.9 Å². The van der Waals surface area contributed by atoms with Gasteiger partial charge < -0.3 is 25.3 Å². The summed E-state index contributed by atoms with van der Waals surface area (Å²) in [6.45, 7) is 1.04. The van der Waals surface area contributed by atoms with E-state index in [1.54, 1.807) is 18.1 Å². The van der Waals surface area contributed by atoms with Gasteiger partial charge in [-0.05, 0) is 42.7 Å². The highest BCUT2D eigenvalue weighted by molar-refractivity contribution is 5.99. The normalized spacial score (nSPS) is 17.3. The van der Waals surface area contributed by atoms with Crippen molar-refractivity contribution in [1.29, 1.82) is 0 Å². The third-order valence-electron chi connectivity index (χ3n) is 6.38. The summed E-state index contributed by atoms with van der Waals surface area (Å²) in [7, 11) is 1.59. The second kappa shape index (κ2) is 11.6. The molecular formula is C27H32N4O4. The summed E-state index contributed by atoms with van der Waals surface area (Å²) in [5.74, 6) is 0.0581. The first kappa shape index (κ1) is 24.3. The van der Waals surface area contributed by atoms with Gasteiger partial charge >= 0.3 is 0 Å². The van der Waals surface area contributed by atoms with Gasteiger partial charge in [-0.25, -0.2) is 0 Å². The lowest BCUT2D eigenvalue weighted by Crippen LogP contribution is -2.44. The van der Waals surface area contributed by atoms with Crippen molar-refractivity contribution < 1.29 is 19.1 Å². The van der Waals surface area contributed by atoms with E-state index < -0.39 is 0 Å². The van der Waals surface area contributed by atoms with Gasteiger partial charge in [-0.2, -0.15) is 0 Å². The zero-order valence-electron chi connectivity index (χ0n) is 20.0. The molecule has 1 atom stereocenters. The molecule has 1 aromatic heterocycles. The van der Waals surface area contributed by atoms with Gasteiger partial charge in [0.05, 0.1) is 26.1 Å². The van der Waals surface area contributed by atoms with Crippen LogP contribution in [0.4, 0.5) is 0 Å². The van der Waals surface area contributed by atoms with Gasteiger partial charge in [0.25, 0.3) is 5.91 Å². The highest BCUT2D eigenvalue weighted by Crippen LogP contribution is 2.26. The molecule has 35 heavy (non-hydrogen) atoms. The first-order chi connectivity index (χ1) is 17.0. The summed E-state index contributed by atoms with van der Waals surface area (Å²) in [6.07, 6.45) is 3.95. The second-order valence-corrected chi connectivity index (χ2v) is 8.80. The molecule has 0 spiro atoms. The molecule has 1 unspecified atom stereocenters. The molecule has 8 nitrogen and oxygen atoms in total. The Bertz CT molecular complexity index is 1170. The molecule has 1 fully saturated rings. The highest BCUT2D eigenvalue weighted by atomic mass is 16.5. The molecular weight excluding hydrogens is 444 g/mol. The zero-order chi connectivity index (χ0) is 24.6. The molecule has 184 valence electrons. The summed E-state index contributed by atoms with van der Waals surface area (Å²) in [5, 5.41) is 6.57. The van der Waals surface area contributed by atoms with Crippen LogP contribution in [0.5, 0.6) is 5.75 Å². The number of fused-ring (bicyclic) bond motifs is 1. The Morgan fingerprint density at radius 2 is 1.86 bits per heavy atom. The predicted octanol–water partition coefficient (Wildman–Crippen LogP) is 3.56. The minimum Gasteiger partial charge on any atom is -0.497 e. The third kappa shape index (κ3) is 6.20.